The van der Waals surface area contributed by atoms with E-state index in [1.165, 1.54) is 11.1 Å². The standard InChI is InChI=1S/C29H36N4O3/c1-19-11-12-23(17-21(19)3)33-26(22-13-15-32(16-14-22)28(35)36-29(4,5)6)24(18-30-33)27(34)31-25-10-8-7-9-20(25)2/h7-12,17-18,22H,13-16H2,1-6H3,(H,31,34). The van der Waals surface area contributed by atoms with Crippen LogP contribution in [0.2, 0.25) is 0 Å². The third-order valence-corrected chi connectivity index (χ3v) is 6.71. The van der Waals surface area contributed by atoms with Crippen LogP contribution in [0.25, 0.3) is 5.69 Å². The quantitative estimate of drug-likeness (QED) is 0.477. The summed E-state index contributed by atoms with van der Waals surface area (Å²) in [7, 11) is 0. The molecule has 0 spiro atoms. The Morgan fingerprint density at radius 3 is 2.31 bits per heavy atom. The molecule has 0 aliphatic carbocycles. The molecule has 0 atom stereocenters. The monoisotopic (exact) mass is 488 g/mol. The third-order valence-electron chi connectivity index (χ3n) is 6.71. The lowest BCUT2D eigenvalue weighted by Gasteiger charge is -2.34. The van der Waals surface area contributed by atoms with Crippen LogP contribution in [0.3, 0.4) is 0 Å². The average Bonchev–Trinajstić information content (AvgIpc) is 3.27. The number of amides is 2. The van der Waals surface area contributed by atoms with Gasteiger partial charge in [-0.1, -0.05) is 24.3 Å². The van der Waals surface area contributed by atoms with Gasteiger partial charge in [-0.05, 0) is 89.3 Å². The molecule has 2 amide bonds. The molecule has 0 bridgehead atoms. The SMILES string of the molecule is Cc1ccc(-n2ncc(C(=O)Nc3ccccc3C)c2C2CCN(C(=O)OC(C)(C)C)CC2)cc1C. The molecule has 1 saturated heterocycles. The van der Waals surface area contributed by atoms with Crippen LogP contribution in [-0.4, -0.2) is 45.4 Å². The molecule has 3 aromatic rings. The minimum Gasteiger partial charge on any atom is -0.444 e. The summed E-state index contributed by atoms with van der Waals surface area (Å²) < 4.78 is 7.46. The topological polar surface area (TPSA) is 76.5 Å². The molecule has 1 aromatic heterocycles. The number of hydrogen-bond donors (Lipinski definition) is 1. The first-order chi connectivity index (χ1) is 17.0. The maximum atomic E-state index is 13.5. The van der Waals surface area contributed by atoms with E-state index in [2.05, 4.69) is 36.4 Å². The summed E-state index contributed by atoms with van der Waals surface area (Å²) >= 11 is 0. The van der Waals surface area contributed by atoms with Crippen LogP contribution in [0.15, 0.2) is 48.7 Å². The van der Waals surface area contributed by atoms with Crippen LogP contribution in [0.4, 0.5) is 10.5 Å². The van der Waals surface area contributed by atoms with Crippen LogP contribution >= 0.6 is 0 Å². The number of nitrogens with one attached hydrogen (secondary N) is 1. The molecule has 1 N–H and O–H groups in total. The van der Waals surface area contributed by atoms with Crippen LogP contribution in [-0.2, 0) is 4.74 Å². The van der Waals surface area contributed by atoms with Gasteiger partial charge in [0.1, 0.15) is 5.60 Å². The zero-order chi connectivity index (χ0) is 26.0. The van der Waals surface area contributed by atoms with Gasteiger partial charge in [0.2, 0.25) is 0 Å². The molecule has 1 aliphatic heterocycles. The van der Waals surface area contributed by atoms with Crippen molar-refractivity contribution in [1.82, 2.24) is 14.7 Å². The Morgan fingerprint density at radius 1 is 0.972 bits per heavy atom. The molecular formula is C29H36N4O3. The second-order valence-electron chi connectivity index (χ2n) is 10.6. The van der Waals surface area contributed by atoms with Crippen LogP contribution in [0.5, 0.6) is 0 Å². The maximum absolute atomic E-state index is 13.5. The van der Waals surface area contributed by atoms with Crippen molar-refractivity contribution in [2.45, 2.75) is 65.9 Å². The van der Waals surface area contributed by atoms with E-state index in [-0.39, 0.29) is 17.9 Å². The van der Waals surface area contributed by atoms with Crippen molar-refractivity contribution in [1.29, 1.82) is 0 Å². The van der Waals surface area contributed by atoms with E-state index in [4.69, 9.17) is 4.74 Å². The van der Waals surface area contributed by atoms with Gasteiger partial charge in [0.15, 0.2) is 0 Å². The molecule has 1 aliphatic rings. The molecule has 36 heavy (non-hydrogen) atoms. The van der Waals surface area contributed by atoms with Crippen LogP contribution in [0, 0.1) is 20.8 Å². The van der Waals surface area contributed by atoms with E-state index in [0.29, 0.717) is 18.7 Å². The molecule has 0 saturated carbocycles. The Balaban J connectivity index is 1.65. The average molecular weight is 489 g/mol. The Kier molecular flexibility index (Phi) is 7.20. The number of hydrogen-bond acceptors (Lipinski definition) is 4. The zero-order valence-corrected chi connectivity index (χ0v) is 22.1. The number of likely N-dealkylation sites (tertiary alicyclic amines) is 1. The highest BCUT2D eigenvalue weighted by Gasteiger charge is 2.32. The molecular weight excluding hydrogens is 452 g/mol. The van der Waals surface area contributed by atoms with E-state index < -0.39 is 5.60 Å². The number of carbonyl (C=O) groups is 2. The molecule has 7 nitrogen and oxygen atoms in total. The van der Waals surface area contributed by atoms with E-state index in [1.54, 1.807) is 11.1 Å². The fraction of sp³-hybridized carbons (Fsp3) is 0.414. The Labute approximate surface area is 213 Å². The summed E-state index contributed by atoms with van der Waals surface area (Å²) in [4.78, 5) is 27.8. The van der Waals surface area contributed by atoms with Gasteiger partial charge in [-0.3, -0.25) is 4.79 Å². The third kappa shape index (κ3) is 5.61. The highest BCUT2D eigenvalue weighted by molar-refractivity contribution is 6.05. The van der Waals surface area contributed by atoms with Crippen molar-refractivity contribution in [2.75, 3.05) is 18.4 Å². The first kappa shape index (κ1) is 25.5. The van der Waals surface area contributed by atoms with Crippen molar-refractivity contribution >= 4 is 17.7 Å². The predicted molar refractivity (Wildman–Crippen MR) is 142 cm³/mol. The molecule has 2 aromatic carbocycles. The Hall–Kier alpha value is -3.61. The van der Waals surface area contributed by atoms with Gasteiger partial charge in [-0.25, -0.2) is 9.48 Å². The van der Waals surface area contributed by atoms with Gasteiger partial charge in [0.05, 0.1) is 23.1 Å². The summed E-state index contributed by atoms with van der Waals surface area (Å²) in [5.41, 5.74) is 6.00. The number of ether oxygens (including phenoxy) is 1. The number of rotatable bonds is 4. The number of carbonyl (C=O) groups excluding carboxylic acids is 2. The summed E-state index contributed by atoms with van der Waals surface area (Å²) in [6.07, 6.45) is 2.82. The normalized spacial score (nSPS) is 14.6. The van der Waals surface area contributed by atoms with E-state index in [9.17, 15) is 9.59 Å². The summed E-state index contributed by atoms with van der Waals surface area (Å²) in [5.74, 6) is -0.102. The van der Waals surface area contributed by atoms with Gasteiger partial charge < -0.3 is 15.0 Å². The smallest absolute Gasteiger partial charge is 0.410 e. The number of aromatic nitrogens is 2. The minimum atomic E-state index is -0.531. The van der Waals surface area contributed by atoms with Gasteiger partial charge in [0, 0.05) is 24.7 Å². The number of nitrogens with zero attached hydrogens (tertiary/aromatic N) is 3. The molecule has 0 unspecified atom stereocenters. The second kappa shape index (κ2) is 10.2. The van der Waals surface area contributed by atoms with Gasteiger partial charge in [0.25, 0.3) is 5.91 Å². The van der Waals surface area contributed by atoms with Crippen molar-refractivity contribution in [3.8, 4) is 5.69 Å². The molecule has 0 radical (unpaired) electrons. The minimum absolute atomic E-state index is 0.0745. The lowest BCUT2D eigenvalue weighted by Crippen LogP contribution is -2.41. The largest absolute Gasteiger partial charge is 0.444 e. The first-order valence-electron chi connectivity index (χ1n) is 12.5. The Morgan fingerprint density at radius 2 is 1.67 bits per heavy atom. The van der Waals surface area contributed by atoms with Crippen molar-refractivity contribution in [3.63, 3.8) is 0 Å². The fourth-order valence-electron chi connectivity index (χ4n) is 4.55. The summed E-state index contributed by atoms with van der Waals surface area (Å²) in [5, 5.41) is 7.74. The number of anilines is 1. The van der Waals surface area contributed by atoms with Gasteiger partial charge >= 0.3 is 6.09 Å². The molecule has 4 rings (SSSR count). The second-order valence-corrected chi connectivity index (χ2v) is 10.6. The fourth-order valence-corrected chi connectivity index (χ4v) is 4.55. The first-order valence-corrected chi connectivity index (χ1v) is 12.5. The van der Waals surface area contributed by atoms with Gasteiger partial charge in [-0.15, -0.1) is 0 Å². The molecule has 190 valence electrons. The van der Waals surface area contributed by atoms with Crippen molar-refractivity contribution < 1.29 is 14.3 Å². The van der Waals surface area contributed by atoms with Crippen molar-refractivity contribution in [2.24, 2.45) is 0 Å². The van der Waals surface area contributed by atoms with Crippen molar-refractivity contribution in [3.05, 3.63) is 76.6 Å². The number of aryl methyl sites for hydroxylation is 3. The number of piperidine rings is 1. The maximum Gasteiger partial charge on any atom is 0.410 e. The predicted octanol–water partition coefficient (Wildman–Crippen LogP) is 6.16. The lowest BCUT2D eigenvalue weighted by molar-refractivity contribution is 0.0203. The van der Waals surface area contributed by atoms with E-state index in [1.807, 2.05) is 62.7 Å². The molecule has 7 heteroatoms. The molecule has 2 heterocycles. The lowest BCUT2D eigenvalue weighted by atomic mass is 9.90. The summed E-state index contributed by atoms with van der Waals surface area (Å²) in [6, 6.07) is 14.0. The highest BCUT2D eigenvalue weighted by atomic mass is 16.6. The van der Waals surface area contributed by atoms with Gasteiger partial charge in [-0.2, -0.15) is 5.10 Å². The Bertz CT molecular complexity index is 1260. The highest BCUT2D eigenvalue weighted by Crippen LogP contribution is 2.33. The zero-order valence-electron chi connectivity index (χ0n) is 22.1. The van der Waals surface area contributed by atoms with E-state index in [0.717, 1.165) is 35.5 Å². The molecule has 1 fully saturated rings. The number of benzene rings is 2. The van der Waals surface area contributed by atoms with Crippen LogP contribution in [0.1, 0.15) is 72.3 Å². The number of para-hydroxylation sites is 1. The summed E-state index contributed by atoms with van der Waals surface area (Å²) in [6.45, 7) is 12.9. The van der Waals surface area contributed by atoms with E-state index >= 15 is 0 Å². The van der Waals surface area contributed by atoms with Crippen LogP contribution < -0.4 is 5.32 Å².